The van der Waals surface area contributed by atoms with Crippen molar-refractivity contribution >= 4 is 29.6 Å². The Bertz CT molecular complexity index is 1510. The van der Waals surface area contributed by atoms with Crippen LogP contribution in [0.4, 0.5) is 11.4 Å². The van der Waals surface area contributed by atoms with Gasteiger partial charge in [0.15, 0.2) is 5.78 Å². The molecule has 45 heavy (non-hydrogen) atoms. The van der Waals surface area contributed by atoms with Crippen molar-refractivity contribution in [3.05, 3.63) is 118 Å². The lowest BCUT2D eigenvalue weighted by molar-refractivity contribution is -0.114. The smallest absolute Gasteiger partial charge is 0.169 e. The maximum Gasteiger partial charge on any atom is 0.169 e. The van der Waals surface area contributed by atoms with E-state index in [4.69, 9.17) is 23.3 Å². The third kappa shape index (κ3) is 12.3. The van der Waals surface area contributed by atoms with E-state index in [2.05, 4.69) is 59.3 Å². The lowest BCUT2D eigenvalue weighted by Crippen LogP contribution is -2.26. The minimum Gasteiger partial charge on any atom is -0.404 e. The van der Waals surface area contributed by atoms with Gasteiger partial charge in [0, 0.05) is 58.9 Å². The largest absolute Gasteiger partial charge is 0.404 e. The van der Waals surface area contributed by atoms with Crippen LogP contribution in [0.25, 0.3) is 0 Å². The maximum absolute atomic E-state index is 11.1. The first-order valence-electron chi connectivity index (χ1n) is 15.2. The molecule has 0 saturated heterocycles. The van der Waals surface area contributed by atoms with Crippen molar-refractivity contribution in [3.8, 4) is 12.3 Å². The number of benzene rings is 3. The van der Waals surface area contributed by atoms with Crippen molar-refractivity contribution in [2.75, 3.05) is 25.1 Å². The highest BCUT2D eigenvalue weighted by Crippen LogP contribution is 2.46. The SMILES string of the molecule is C#Cc1cccc(C)c1.C=CCC(=O)/C(C=NC)=C/N.CC.CNC(Nc1ccc(N)c(C=N)c1C1CC1)c1ccccc1C.[HH].[HH].[HH]. The molecule has 4 rings (SSSR count). The number of carbonyl (C=O) groups excluding carboxylic acids is 1. The second-order valence-corrected chi connectivity index (χ2v) is 10.1. The molecule has 0 radical (unpaired) electrons. The highest BCUT2D eigenvalue weighted by molar-refractivity contribution is 6.13. The maximum atomic E-state index is 11.1. The van der Waals surface area contributed by atoms with E-state index in [1.165, 1.54) is 59.8 Å². The van der Waals surface area contributed by atoms with Gasteiger partial charge < -0.3 is 22.2 Å². The number of nitrogen functional groups attached to an aromatic ring is 1. The number of allylic oxidation sites excluding steroid dienone is 2. The number of ketones is 1. The summed E-state index contributed by atoms with van der Waals surface area (Å²) in [6, 6.07) is 20.2. The number of nitrogens with two attached hydrogens (primary N) is 2. The molecular weight excluding hydrogens is 556 g/mol. The summed E-state index contributed by atoms with van der Waals surface area (Å²) in [5.41, 5.74) is 20.1. The van der Waals surface area contributed by atoms with Crippen LogP contribution in [0.5, 0.6) is 0 Å². The van der Waals surface area contributed by atoms with Crippen LogP contribution in [0.3, 0.4) is 0 Å². The van der Waals surface area contributed by atoms with Gasteiger partial charge in [-0.25, -0.2) is 0 Å². The Kier molecular flexibility index (Phi) is 17.7. The van der Waals surface area contributed by atoms with E-state index >= 15 is 0 Å². The summed E-state index contributed by atoms with van der Waals surface area (Å²) >= 11 is 0. The van der Waals surface area contributed by atoms with Crippen LogP contribution in [-0.4, -0.2) is 32.3 Å². The third-order valence-corrected chi connectivity index (χ3v) is 6.82. The van der Waals surface area contributed by atoms with Gasteiger partial charge in [0.1, 0.15) is 6.17 Å². The molecule has 3 aromatic carbocycles. The van der Waals surface area contributed by atoms with Gasteiger partial charge in [-0.05, 0) is 86.2 Å². The normalized spacial score (nSPS) is 12.5. The minimum absolute atomic E-state index is 0. The number of rotatable bonds is 10. The molecule has 0 amide bonds. The van der Waals surface area contributed by atoms with E-state index in [9.17, 15) is 4.79 Å². The predicted molar refractivity (Wildman–Crippen MR) is 201 cm³/mol. The van der Waals surface area contributed by atoms with E-state index in [1.807, 2.05) is 64.2 Å². The lowest BCUT2D eigenvalue weighted by Gasteiger charge is -2.24. The first-order valence-corrected chi connectivity index (χ1v) is 15.2. The molecule has 1 aliphatic carbocycles. The molecular formula is C38H56N6O. The first kappa shape index (κ1) is 38.1. The van der Waals surface area contributed by atoms with Crippen LogP contribution in [0, 0.1) is 31.6 Å². The molecule has 1 fully saturated rings. The Morgan fingerprint density at radius 1 is 1.18 bits per heavy atom. The van der Waals surface area contributed by atoms with Crippen molar-refractivity contribution in [3.63, 3.8) is 0 Å². The van der Waals surface area contributed by atoms with Gasteiger partial charge in [-0.1, -0.05) is 62.2 Å². The highest BCUT2D eigenvalue weighted by Gasteiger charge is 2.30. The summed E-state index contributed by atoms with van der Waals surface area (Å²) in [5.74, 6) is 3.03. The van der Waals surface area contributed by atoms with E-state index in [1.54, 1.807) is 7.05 Å². The Hall–Kier alpha value is -4.93. The van der Waals surface area contributed by atoms with Gasteiger partial charge in [0.05, 0.1) is 5.57 Å². The van der Waals surface area contributed by atoms with Crippen molar-refractivity contribution in [1.82, 2.24) is 5.32 Å². The number of hydrogen-bond acceptors (Lipinski definition) is 7. The second kappa shape index (κ2) is 20.9. The molecule has 1 unspecified atom stereocenters. The number of Topliss-reactive ketones (excluding diaryl/α,β-unsaturated/α-hetero) is 1. The van der Waals surface area contributed by atoms with Gasteiger partial charge in [0.25, 0.3) is 0 Å². The zero-order chi connectivity index (χ0) is 33.8. The fraction of sp³-hybridized carbons (Fsp3) is 0.289. The van der Waals surface area contributed by atoms with Gasteiger partial charge in [-0.2, -0.15) is 0 Å². The molecule has 0 heterocycles. The summed E-state index contributed by atoms with van der Waals surface area (Å²) < 4.78 is 0. The van der Waals surface area contributed by atoms with Crippen molar-refractivity contribution in [2.24, 2.45) is 10.7 Å². The Morgan fingerprint density at radius 2 is 1.87 bits per heavy atom. The Balaban J connectivity index is -0.000000685. The molecule has 1 aliphatic rings. The summed E-state index contributed by atoms with van der Waals surface area (Å²) in [4.78, 5) is 14.7. The van der Waals surface area contributed by atoms with Gasteiger partial charge in [0.2, 0.25) is 0 Å². The summed E-state index contributed by atoms with van der Waals surface area (Å²) in [6.07, 6.45) is 13.4. The van der Waals surface area contributed by atoms with Crippen molar-refractivity contribution in [1.29, 1.82) is 5.41 Å². The van der Waals surface area contributed by atoms with Gasteiger partial charge in [-0.15, -0.1) is 13.0 Å². The monoisotopic (exact) mass is 612 g/mol. The number of nitrogens with one attached hydrogen (secondary N) is 3. The topological polar surface area (TPSA) is 129 Å². The number of aliphatic imine (C=N–C) groups is 1. The van der Waals surface area contributed by atoms with Crippen LogP contribution in [0.15, 0.2) is 90.1 Å². The van der Waals surface area contributed by atoms with Crippen LogP contribution >= 0.6 is 0 Å². The molecule has 1 saturated carbocycles. The fourth-order valence-corrected chi connectivity index (χ4v) is 4.45. The van der Waals surface area contributed by atoms with E-state index in [-0.39, 0.29) is 16.2 Å². The molecule has 244 valence electrons. The average molecular weight is 613 g/mol. The molecule has 7 heteroatoms. The zero-order valence-corrected chi connectivity index (χ0v) is 27.7. The van der Waals surface area contributed by atoms with Crippen LogP contribution < -0.4 is 22.1 Å². The summed E-state index contributed by atoms with van der Waals surface area (Å²) in [7, 11) is 3.54. The standard InChI is InChI=1S/C19H24N4.C9H8.C8H12N2O.C2H6.3H2/c1-12-5-3-4-6-14(12)19(22-2)23-17-10-9-16(21)15(11-20)18(17)13-7-8-13;1-3-9-6-4-5-8(2)7-9;1-3-4-8(11)7(5-9)6-10-2;1-2;;;/h3-6,9-11,13,19-20,22-23H,7-8,21H2,1-2H3;1,4-7H,2H3;3,5-6H,1,4,9H2,2H3;1-2H3;3*1H/b;;7-5+,10-6?;;;;. The number of aryl methyl sites for hydroxylation is 2. The molecule has 0 bridgehead atoms. The van der Waals surface area contributed by atoms with Crippen LogP contribution in [-0.2, 0) is 4.79 Å². The van der Waals surface area contributed by atoms with Crippen LogP contribution in [0.2, 0.25) is 0 Å². The number of nitrogens with zero attached hydrogens (tertiary/aromatic N) is 1. The van der Waals surface area contributed by atoms with E-state index in [0.29, 0.717) is 23.6 Å². The average Bonchev–Trinajstić information content (AvgIpc) is 3.90. The molecule has 1 atom stereocenters. The van der Waals surface area contributed by atoms with Crippen LogP contribution in [0.1, 0.15) is 82.9 Å². The molecule has 3 aromatic rings. The molecule has 7 nitrogen and oxygen atoms in total. The quantitative estimate of drug-likeness (QED) is 0.0394. The minimum atomic E-state index is -0.0619. The lowest BCUT2D eigenvalue weighted by atomic mass is 9.98. The van der Waals surface area contributed by atoms with Gasteiger partial charge in [-0.3, -0.25) is 15.1 Å². The third-order valence-electron chi connectivity index (χ3n) is 6.82. The van der Waals surface area contributed by atoms with E-state index in [0.717, 1.165) is 16.8 Å². The number of anilines is 2. The summed E-state index contributed by atoms with van der Waals surface area (Å²) in [5, 5.41) is 14.7. The zero-order valence-electron chi connectivity index (χ0n) is 27.7. The molecule has 0 aromatic heterocycles. The van der Waals surface area contributed by atoms with Crippen molar-refractivity contribution in [2.45, 2.75) is 59.0 Å². The predicted octanol–water partition coefficient (Wildman–Crippen LogP) is 8.20. The Labute approximate surface area is 274 Å². The Morgan fingerprint density at radius 3 is 2.36 bits per heavy atom. The van der Waals surface area contributed by atoms with Crippen molar-refractivity contribution < 1.29 is 9.07 Å². The number of carbonyl (C=O) groups is 1. The number of terminal acetylenes is 1. The fourth-order valence-electron chi connectivity index (χ4n) is 4.45. The first-order chi connectivity index (χ1) is 21.7. The number of hydrogen-bond donors (Lipinski definition) is 5. The molecule has 7 N–H and O–H groups in total. The van der Waals surface area contributed by atoms with E-state index < -0.39 is 0 Å². The molecule has 0 spiro atoms. The summed E-state index contributed by atoms with van der Waals surface area (Å²) in [6.45, 7) is 11.6. The second-order valence-electron chi connectivity index (χ2n) is 10.1. The highest BCUT2D eigenvalue weighted by atomic mass is 16.1. The van der Waals surface area contributed by atoms with Gasteiger partial charge >= 0.3 is 0 Å². The molecule has 0 aliphatic heterocycles.